The minimum Gasteiger partial charge on any atom is -0.458 e. The number of ether oxygens (including phenoxy) is 1. The van der Waals surface area contributed by atoms with E-state index in [-0.39, 0.29) is 49.3 Å². The minimum atomic E-state index is -0.664. The Hall–Kier alpha value is -9.32. The predicted octanol–water partition coefficient (Wildman–Crippen LogP) is 15.3. The quantitative estimate of drug-likeness (QED) is 0.155. The van der Waals surface area contributed by atoms with Gasteiger partial charge >= 0.3 is 0 Å². The molecule has 2 aliphatic rings. The van der Waals surface area contributed by atoms with Crippen LogP contribution < -0.4 is 26.0 Å². The molecule has 0 saturated carbocycles. The minimum absolute atomic E-state index is 0.0438. The van der Waals surface area contributed by atoms with Crippen molar-refractivity contribution < 1.29 is 26.7 Å². The van der Waals surface area contributed by atoms with Crippen LogP contribution in [0.15, 0.2) is 254 Å². The van der Waals surface area contributed by atoms with Gasteiger partial charge in [-0.15, -0.1) is 0 Å². The zero-order chi connectivity index (χ0) is 60.5. The summed E-state index contributed by atoms with van der Waals surface area (Å²) >= 11 is 0. The van der Waals surface area contributed by atoms with Gasteiger partial charge in [0.1, 0.15) is 11.5 Å². The van der Waals surface area contributed by atoms with E-state index < -0.39 is 103 Å². The largest absolute Gasteiger partial charge is 0.458 e. The molecule has 11 aromatic carbocycles. The molecule has 0 unspecified atom stereocenters. The van der Waals surface area contributed by atoms with Gasteiger partial charge in [0, 0.05) is 61.5 Å². The Balaban J connectivity index is 1.09. The molecule has 2 aromatic heterocycles. The summed E-state index contributed by atoms with van der Waals surface area (Å²) in [5, 5.41) is -0.267. The second-order valence-corrected chi connectivity index (χ2v) is 17.6. The first-order valence-electron chi connectivity index (χ1n) is 31.1. The van der Waals surface area contributed by atoms with Crippen LogP contribution in [-0.4, -0.2) is 15.8 Å². The molecular weight excluding hydrogens is 862 g/mol. The van der Waals surface area contributed by atoms with Crippen LogP contribution in [0.2, 0.25) is 0 Å². The summed E-state index contributed by atoms with van der Waals surface area (Å²) in [6, 6.07) is 42.8. The number of benzene rings is 11. The number of hydrogen-bond acceptors (Lipinski definition) is 2. The third kappa shape index (κ3) is 6.00. The molecule has 5 heteroatoms. The number of para-hydroxylation sites is 5. The molecule has 15 rings (SSSR count). The highest BCUT2D eigenvalue weighted by molar-refractivity contribution is 6.99. The van der Waals surface area contributed by atoms with Crippen molar-refractivity contribution in [1.82, 2.24) is 9.13 Å². The van der Waals surface area contributed by atoms with Gasteiger partial charge < -0.3 is 18.8 Å². The summed E-state index contributed by atoms with van der Waals surface area (Å²) in [5.41, 5.74) is 9.65. The van der Waals surface area contributed by atoms with Crippen molar-refractivity contribution in [1.29, 1.82) is 0 Å². The fraction of sp³-hybridized carbons (Fsp3) is 0. The van der Waals surface area contributed by atoms with Crippen LogP contribution in [0.1, 0.15) is 21.9 Å². The highest BCUT2D eigenvalue weighted by atomic mass is 16.5. The standard InChI is InChI=1S/C66H42BN3O/c1-4-19-43(20-5-1)46-39-62-65-64(40-46)71-63-42-48(69-59-33-16-12-27-53(59)54-28-13-17-34-60(54)69)36-38-56(63)67(65)55-37-35-47(68-57-31-14-10-25-51(57)52-26-11-15-32-58(52)68)41-61(55)70(62)66-49(44-21-6-2-7-22-44)29-18-30-50(66)45-23-8-3-9-24-45/h1-42H/i10D,11D,12D,13D,14D,15D,16D,17D,25D,26D,27D,28D,31D,32D,33D,34D. The van der Waals surface area contributed by atoms with Crippen LogP contribution in [0.25, 0.3) is 88.4 Å². The molecule has 0 bridgehead atoms. The summed E-state index contributed by atoms with van der Waals surface area (Å²) in [4.78, 5) is 2.19. The normalized spacial score (nSPS) is 15.7. The van der Waals surface area contributed by atoms with E-state index in [4.69, 9.17) is 18.4 Å². The SMILES string of the molecule is [2H]c1c([2H])c([2H])c2c(c1[2H])c1c([2H])c([2H])c([2H])c([2H])c1n2-c1ccc2c(c1)Oc1cc(-c3ccccc3)cc3c1B2c1ccc(-n2c4c([2H])c([2H])c([2H])c([2H])c4c4c([2H])c([2H])c([2H])c([2H])c42)cc1N3c1c(-c2ccccc2)cccc1-c1ccccc1. The van der Waals surface area contributed by atoms with Crippen molar-refractivity contribution in [3.05, 3.63) is 254 Å². The maximum atomic E-state index is 9.50. The number of nitrogens with zero attached hydrogens (tertiary/aromatic N) is 3. The molecule has 71 heavy (non-hydrogen) atoms. The molecule has 0 radical (unpaired) electrons. The first-order chi connectivity index (χ1) is 41.9. The third-order valence-corrected chi connectivity index (χ3v) is 13.9. The average Bonchev–Trinajstić information content (AvgIpc) is 1.71. The van der Waals surface area contributed by atoms with Gasteiger partial charge in [-0.3, -0.25) is 0 Å². The van der Waals surface area contributed by atoms with E-state index >= 15 is 0 Å². The topological polar surface area (TPSA) is 22.3 Å². The summed E-state index contributed by atoms with van der Waals surface area (Å²) in [5.74, 6) is 0.782. The highest BCUT2D eigenvalue weighted by Crippen LogP contribution is 2.50. The Morgan fingerprint density at radius 1 is 0.366 bits per heavy atom. The van der Waals surface area contributed by atoms with Crippen molar-refractivity contribution in [2.75, 3.05) is 4.90 Å². The molecule has 4 heterocycles. The van der Waals surface area contributed by atoms with Gasteiger partial charge in [0.25, 0.3) is 6.71 Å². The number of hydrogen-bond donors (Lipinski definition) is 0. The molecular formula is C66H42BN3O. The van der Waals surface area contributed by atoms with E-state index in [9.17, 15) is 8.22 Å². The lowest BCUT2D eigenvalue weighted by Gasteiger charge is -2.42. The van der Waals surface area contributed by atoms with Crippen LogP contribution in [0.5, 0.6) is 11.5 Å². The number of fused-ring (bicyclic) bond motifs is 10. The second-order valence-electron chi connectivity index (χ2n) is 17.6. The Bertz CT molecular complexity index is 5020. The summed E-state index contributed by atoms with van der Waals surface area (Å²) in [6.07, 6.45) is 0. The molecule has 0 spiro atoms. The van der Waals surface area contributed by atoms with E-state index in [2.05, 4.69) is 23.1 Å². The van der Waals surface area contributed by atoms with Gasteiger partial charge in [0.05, 0.1) is 49.7 Å². The van der Waals surface area contributed by atoms with E-state index in [1.165, 1.54) is 9.13 Å². The monoisotopic (exact) mass is 919 g/mol. The lowest BCUT2D eigenvalue weighted by atomic mass is 9.34. The maximum Gasteiger partial charge on any atom is 0.256 e. The van der Waals surface area contributed by atoms with Gasteiger partial charge in [-0.05, 0) is 93.1 Å². The van der Waals surface area contributed by atoms with Crippen LogP contribution >= 0.6 is 0 Å². The maximum absolute atomic E-state index is 9.50. The second kappa shape index (κ2) is 15.6. The smallest absolute Gasteiger partial charge is 0.256 e. The first-order valence-corrected chi connectivity index (χ1v) is 23.1. The molecule has 2 aliphatic heterocycles. The average molecular weight is 920 g/mol. The number of anilines is 3. The molecule has 0 fully saturated rings. The third-order valence-electron chi connectivity index (χ3n) is 13.9. The molecule has 4 nitrogen and oxygen atoms in total. The molecule has 0 saturated heterocycles. The molecule has 0 atom stereocenters. The first kappa shape index (κ1) is 27.0. The molecule has 0 amide bonds. The lowest BCUT2D eigenvalue weighted by Crippen LogP contribution is -2.59. The fourth-order valence-corrected chi connectivity index (χ4v) is 10.9. The molecule has 330 valence electrons. The molecule has 13 aromatic rings. The number of rotatable bonds is 6. The zero-order valence-corrected chi connectivity index (χ0v) is 37.3. The van der Waals surface area contributed by atoms with Gasteiger partial charge in [-0.2, -0.15) is 0 Å². The van der Waals surface area contributed by atoms with Crippen molar-refractivity contribution in [2.24, 2.45) is 0 Å². The van der Waals surface area contributed by atoms with Crippen LogP contribution in [0, 0.1) is 0 Å². The van der Waals surface area contributed by atoms with Crippen molar-refractivity contribution in [2.45, 2.75) is 0 Å². The van der Waals surface area contributed by atoms with E-state index in [0.717, 1.165) is 50.0 Å². The van der Waals surface area contributed by atoms with Crippen molar-refractivity contribution in [3.8, 4) is 56.3 Å². The Kier molecular flexibility index (Phi) is 5.94. The highest BCUT2D eigenvalue weighted by Gasteiger charge is 2.43. The summed E-state index contributed by atoms with van der Waals surface area (Å²) < 4.78 is 155. The van der Waals surface area contributed by atoms with Crippen LogP contribution in [-0.2, 0) is 0 Å². The summed E-state index contributed by atoms with van der Waals surface area (Å²) in [6.45, 7) is -0.664. The Morgan fingerprint density at radius 3 is 1.35 bits per heavy atom. The molecule has 0 N–H and O–H groups in total. The van der Waals surface area contributed by atoms with Crippen molar-refractivity contribution in [3.63, 3.8) is 0 Å². The number of aromatic nitrogens is 2. The Labute approximate surface area is 434 Å². The van der Waals surface area contributed by atoms with E-state index in [1.54, 1.807) is 18.2 Å². The Morgan fingerprint density at radius 2 is 0.831 bits per heavy atom. The van der Waals surface area contributed by atoms with Crippen LogP contribution in [0.3, 0.4) is 0 Å². The van der Waals surface area contributed by atoms with Crippen LogP contribution in [0.4, 0.5) is 17.1 Å². The van der Waals surface area contributed by atoms with Gasteiger partial charge in [-0.1, -0.05) is 194 Å². The van der Waals surface area contributed by atoms with Gasteiger partial charge in [0.15, 0.2) is 0 Å². The van der Waals surface area contributed by atoms with Gasteiger partial charge in [-0.25, -0.2) is 0 Å². The molecule has 0 aliphatic carbocycles. The van der Waals surface area contributed by atoms with E-state index in [1.807, 2.05) is 121 Å². The van der Waals surface area contributed by atoms with Gasteiger partial charge in [0.2, 0.25) is 0 Å². The lowest BCUT2D eigenvalue weighted by molar-refractivity contribution is 0.487. The summed E-state index contributed by atoms with van der Waals surface area (Å²) in [7, 11) is 0. The zero-order valence-electron chi connectivity index (χ0n) is 53.3. The fourth-order valence-electron chi connectivity index (χ4n) is 10.9. The van der Waals surface area contributed by atoms with Crippen molar-refractivity contribution >= 4 is 83.8 Å². The predicted molar refractivity (Wildman–Crippen MR) is 297 cm³/mol. The van der Waals surface area contributed by atoms with E-state index in [0.29, 0.717) is 34.0 Å².